The van der Waals surface area contributed by atoms with Crippen molar-refractivity contribution in [2.45, 2.75) is 32.5 Å². The van der Waals surface area contributed by atoms with Gasteiger partial charge in [-0.3, -0.25) is 9.69 Å². The molecule has 1 N–H and O–H groups in total. The Morgan fingerprint density at radius 1 is 1.57 bits per heavy atom. The van der Waals surface area contributed by atoms with Gasteiger partial charge in [-0.25, -0.2) is 4.39 Å². The number of carbonyl (C=O) groups is 1. The van der Waals surface area contributed by atoms with Crippen molar-refractivity contribution in [3.63, 3.8) is 0 Å². The second kappa shape index (κ2) is 7.33. The van der Waals surface area contributed by atoms with Crippen LogP contribution in [0.4, 0.5) is 4.39 Å². The minimum Gasteiger partial charge on any atom is -0.378 e. The molecule has 2 rings (SSSR count). The first kappa shape index (κ1) is 16.4. The fourth-order valence-electron chi connectivity index (χ4n) is 2.34. The van der Waals surface area contributed by atoms with Gasteiger partial charge in [0.05, 0.1) is 17.7 Å². The zero-order valence-corrected chi connectivity index (χ0v) is 13.8. The van der Waals surface area contributed by atoms with Gasteiger partial charge in [0.15, 0.2) is 0 Å². The number of nitrogens with one attached hydrogen (secondary N) is 1. The highest BCUT2D eigenvalue weighted by Gasteiger charge is 2.30. The van der Waals surface area contributed by atoms with Crippen LogP contribution >= 0.6 is 15.9 Å². The number of benzene rings is 1. The van der Waals surface area contributed by atoms with Crippen molar-refractivity contribution in [1.82, 2.24) is 10.2 Å². The molecule has 1 unspecified atom stereocenters. The molecule has 1 fully saturated rings. The van der Waals surface area contributed by atoms with E-state index in [0.717, 1.165) is 5.56 Å². The summed E-state index contributed by atoms with van der Waals surface area (Å²) in [5.41, 5.74) is 0.833. The van der Waals surface area contributed by atoms with Crippen LogP contribution in [0.5, 0.6) is 0 Å². The fourth-order valence-corrected chi connectivity index (χ4v) is 2.73. The Balaban J connectivity index is 2.12. The van der Waals surface area contributed by atoms with E-state index in [1.165, 1.54) is 6.07 Å². The van der Waals surface area contributed by atoms with E-state index >= 15 is 0 Å². The lowest BCUT2D eigenvalue weighted by molar-refractivity contribution is -0.133. The quantitative estimate of drug-likeness (QED) is 0.897. The number of hydrogen-bond acceptors (Lipinski definition) is 3. The molecule has 1 aromatic carbocycles. The number of rotatable bonds is 4. The number of nitrogens with zero attached hydrogens (tertiary/aromatic N) is 1. The predicted octanol–water partition coefficient (Wildman–Crippen LogP) is 2.31. The van der Waals surface area contributed by atoms with Crippen LogP contribution in [0, 0.1) is 5.82 Å². The standard InChI is InChI=1S/C15H20BrFN2O2/c1-10(2)18-15(20)13-9-21-7-6-19(13)8-11-4-3-5-12(17)14(11)16/h3-5,10,13H,6-9H2,1-2H3,(H,18,20). The SMILES string of the molecule is CC(C)NC(=O)C1COCCN1Cc1cccc(F)c1Br. The van der Waals surface area contributed by atoms with E-state index in [0.29, 0.717) is 30.8 Å². The molecule has 0 saturated carbocycles. The number of amides is 1. The fraction of sp³-hybridized carbons (Fsp3) is 0.533. The Hall–Kier alpha value is -0.980. The summed E-state index contributed by atoms with van der Waals surface area (Å²) in [5.74, 6) is -0.332. The van der Waals surface area contributed by atoms with Crippen molar-refractivity contribution in [2.75, 3.05) is 19.8 Å². The molecule has 0 aromatic heterocycles. The van der Waals surface area contributed by atoms with Gasteiger partial charge in [-0.2, -0.15) is 0 Å². The minimum atomic E-state index is -0.337. The van der Waals surface area contributed by atoms with Gasteiger partial charge in [-0.1, -0.05) is 12.1 Å². The molecule has 0 radical (unpaired) electrons. The van der Waals surface area contributed by atoms with Crippen LogP contribution in [0.1, 0.15) is 19.4 Å². The number of halogens is 2. The van der Waals surface area contributed by atoms with Crippen LogP contribution in [0.25, 0.3) is 0 Å². The van der Waals surface area contributed by atoms with Crippen LogP contribution in [0.2, 0.25) is 0 Å². The van der Waals surface area contributed by atoms with E-state index < -0.39 is 0 Å². The Bertz CT molecular complexity index is 510. The molecule has 0 aliphatic carbocycles. The number of hydrogen-bond donors (Lipinski definition) is 1. The predicted molar refractivity (Wildman–Crippen MR) is 82.4 cm³/mol. The molecule has 1 aromatic rings. The monoisotopic (exact) mass is 358 g/mol. The Labute approximate surface area is 132 Å². The van der Waals surface area contributed by atoms with E-state index in [4.69, 9.17) is 4.74 Å². The van der Waals surface area contributed by atoms with Gasteiger partial charge in [0.2, 0.25) is 5.91 Å². The van der Waals surface area contributed by atoms with Crippen molar-refractivity contribution in [3.05, 3.63) is 34.1 Å². The van der Waals surface area contributed by atoms with E-state index in [1.54, 1.807) is 6.07 Å². The van der Waals surface area contributed by atoms with Crippen molar-refractivity contribution in [2.24, 2.45) is 0 Å². The highest BCUT2D eigenvalue weighted by molar-refractivity contribution is 9.10. The maximum absolute atomic E-state index is 13.6. The molecule has 1 atom stereocenters. The van der Waals surface area contributed by atoms with E-state index in [9.17, 15) is 9.18 Å². The third-order valence-electron chi connectivity index (χ3n) is 3.38. The Morgan fingerprint density at radius 2 is 2.33 bits per heavy atom. The van der Waals surface area contributed by atoms with Crippen molar-refractivity contribution in [1.29, 1.82) is 0 Å². The molecule has 6 heteroatoms. The molecule has 1 saturated heterocycles. The molecule has 0 bridgehead atoms. The van der Waals surface area contributed by atoms with Crippen LogP contribution in [0.3, 0.4) is 0 Å². The lowest BCUT2D eigenvalue weighted by atomic mass is 10.1. The normalized spacial score (nSPS) is 19.8. The number of ether oxygens (including phenoxy) is 1. The van der Waals surface area contributed by atoms with E-state index in [-0.39, 0.29) is 23.8 Å². The maximum Gasteiger partial charge on any atom is 0.239 e. The Morgan fingerprint density at radius 3 is 3.05 bits per heavy atom. The molecule has 116 valence electrons. The second-order valence-corrected chi connectivity index (χ2v) is 6.23. The van der Waals surface area contributed by atoms with E-state index in [2.05, 4.69) is 21.2 Å². The summed E-state index contributed by atoms with van der Waals surface area (Å²) in [6.07, 6.45) is 0. The average Bonchev–Trinajstić information content (AvgIpc) is 2.43. The molecule has 21 heavy (non-hydrogen) atoms. The first-order valence-corrected chi connectivity index (χ1v) is 7.83. The third kappa shape index (κ3) is 4.25. The molecule has 1 heterocycles. The van der Waals surface area contributed by atoms with Gasteiger partial charge in [-0.05, 0) is 41.4 Å². The molecule has 1 amide bonds. The highest BCUT2D eigenvalue weighted by Crippen LogP contribution is 2.23. The summed E-state index contributed by atoms with van der Waals surface area (Å²) in [5, 5.41) is 2.91. The second-order valence-electron chi connectivity index (χ2n) is 5.44. The Kier molecular flexibility index (Phi) is 5.72. The van der Waals surface area contributed by atoms with Gasteiger partial charge in [0, 0.05) is 19.1 Å². The zero-order chi connectivity index (χ0) is 15.4. The summed E-state index contributed by atoms with van der Waals surface area (Å²) in [6.45, 7) is 5.96. The third-order valence-corrected chi connectivity index (χ3v) is 4.27. The van der Waals surface area contributed by atoms with E-state index in [1.807, 2.05) is 24.8 Å². The lowest BCUT2D eigenvalue weighted by Crippen LogP contribution is -2.54. The topological polar surface area (TPSA) is 41.6 Å². The van der Waals surface area contributed by atoms with Gasteiger partial charge in [0.1, 0.15) is 11.9 Å². The van der Waals surface area contributed by atoms with Crippen molar-refractivity contribution < 1.29 is 13.9 Å². The van der Waals surface area contributed by atoms with Crippen molar-refractivity contribution >= 4 is 21.8 Å². The van der Waals surface area contributed by atoms with Gasteiger partial charge < -0.3 is 10.1 Å². The summed E-state index contributed by atoms with van der Waals surface area (Å²) in [6, 6.07) is 4.70. The zero-order valence-electron chi connectivity index (χ0n) is 12.2. The van der Waals surface area contributed by atoms with Gasteiger partial charge in [0.25, 0.3) is 0 Å². The average molecular weight is 359 g/mol. The van der Waals surface area contributed by atoms with Gasteiger partial charge >= 0.3 is 0 Å². The van der Waals surface area contributed by atoms with Crippen molar-refractivity contribution in [3.8, 4) is 0 Å². The largest absolute Gasteiger partial charge is 0.378 e. The van der Waals surface area contributed by atoms with Gasteiger partial charge in [-0.15, -0.1) is 0 Å². The summed E-state index contributed by atoms with van der Waals surface area (Å²) >= 11 is 3.27. The molecule has 1 aliphatic rings. The van der Waals surface area contributed by atoms with Crippen LogP contribution in [-0.2, 0) is 16.1 Å². The molecule has 1 aliphatic heterocycles. The van der Waals surface area contributed by atoms with Crippen LogP contribution < -0.4 is 5.32 Å². The number of carbonyl (C=O) groups excluding carboxylic acids is 1. The molecule has 4 nitrogen and oxygen atoms in total. The van der Waals surface area contributed by atoms with Crippen LogP contribution in [-0.4, -0.2) is 42.6 Å². The molecule has 0 spiro atoms. The first-order valence-electron chi connectivity index (χ1n) is 7.04. The first-order chi connectivity index (χ1) is 9.99. The molecular formula is C15H20BrFN2O2. The summed E-state index contributed by atoms with van der Waals surface area (Å²) in [7, 11) is 0. The molecular weight excluding hydrogens is 339 g/mol. The highest BCUT2D eigenvalue weighted by atomic mass is 79.9. The summed E-state index contributed by atoms with van der Waals surface area (Å²) < 4.78 is 19.5. The lowest BCUT2D eigenvalue weighted by Gasteiger charge is -2.35. The smallest absolute Gasteiger partial charge is 0.239 e. The van der Waals surface area contributed by atoms with Crippen LogP contribution in [0.15, 0.2) is 22.7 Å². The maximum atomic E-state index is 13.6. The summed E-state index contributed by atoms with van der Waals surface area (Å²) in [4.78, 5) is 14.3. The minimum absolute atomic E-state index is 0.0442. The number of morpholine rings is 1.